The predicted molar refractivity (Wildman–Crippen MR) is 169 cm³/mol. The molecule has 214 valence electrons. The zero-order valence-electron chi connectivity index (χ0n) is 24.5. The zero-order chi connectivity index (χ0) is 29.7. The van der Waals surface area contributed by atoms with Crippen molar-refractivity contribution in [2.24, 2.45) is 0 Å². The average Bonchev–Trinajstić information content (AvgIpc) is 2.93. The van der Waals surface area contributed by atoms with Gasteiger partial charge in [0.2, 0.25) is 17.8 Å². The third kappa shape index (κ3) is 6.83. The fraction of sp³-hybridized carbons (Fsp3) is 0.300. The normalized spacial score (nSPS) is 10.7. The van der Waals surface area contributed by atoms with Crippen LogP contribution in [0.1, 0.15) is 43.0 Å². The van der Waals surface area contributed by atoms with Gasteiger partial charge in [0.05, 0.1) is 10.7 Å². The van der Waals surface area contributed by atoms with E-state index in [4.69, 9.17) is 16.6 Å². The summed E-state index contributed by atoms with van der Waals surface area (Å²) in [5, 5.41) is 13.5. The fourth-order valence-electron chi connectivity index (χ4n) is 4.30. The summed E-state index contributed by atoms with van der Waals surface area (Å²) in [7, 11) is 0. The minimum absolute atomic E-state index is 0.124. The van der Waals surface area contributed by atoms with E-state index in [-0.39, 0.29) is 5.91 Å². The average molecular weight is 574 g/mol. The maximum atomic E-state index is 11.6. The van der Waals surface area contributed by atoms with Crippen LogP contribution in [0.5, 0.6) is 0 Å². The van der Waals surface area contributed by atoms with E-state index < -0.39 is 0 Å². The van der Waals surface area contributed by atoms with E-state index in [0.29, 0.717) is 35.1 Å². The molecule has 0 aliphatic heterocycles. The molecule has 0 fully saturated rings. The molecule has 0 aliphatic carbocycles. The summed E-state index contributed by atoms with van der Waals surface area (Å²) >= 11 is 6.86. The van der Waals surface area contributed by atoms with Crippen molar-refractivity contribution in [3.8, 4) is 0 Å². The van der Waals surface area contributed by atoms with Crippen LogP contribution < -0.4 is 26.2 Å². The Balaban J connectivity index is 1.69. The number of hydrogen-bond acceptors (Lipinski definition) is 9. The number of nitrogens with zero attached hydrogens (tertiary/aromatic N) is 5. The summed E-state index contributed by atoms with van der Waals surface area (Å²) in [5.41, 5.74) is 6.79. The first-order chi connectivity index (χ1) is 19.6. The highest BCUT2D eigenvalue weighted by Gasteiger charge is 2.19. The number of halogens is 1. The number of carbonyl (C=O) groups is 1. The van der Waals surface area contributed by atoms with Gasteiger partial charge in [-0.2, -0.15) is 9.97 Å². The van der Waals surface area contributed by atoms with E-state index in [1.807, 2.05) is 76.8 Å². The van der Waals surface area contributed by atoms with Crippen LogP contribution in [-0.4, -0.2) is 38.9 Å². The van der Waals surface area contributed by atoms with E-state index in [1.165, 1.54) is 6.92 Å². The Labute approximate surface area is 246 Å². The molecule has 2 aromatic carbocycles. The molecule has 0 atom stereocenters. The maximum Gasteiger partial charge on any atom is 0.231 e. The van der Waals surface area contributed by atoms with Crippen LogP contribution in [0.4, 0.5) is 46.3 Å². The lowest BCUT2D eigenvalue weighted by atomic mass is 10.1. The minimum Gasteiger partial charge on any atom is -0.354 e. The molecule has 2 heterocycles. The van der Waals surface area contributed by atoms with Gasteiger partial charge < -0.3 is 26.2 Å². The molecule has 0 radical (unpaired) electrons. The summed E-state index contributed by atoms with van der Waals surface area (Å²) in [5.74, 6) is 2.31. The molecule has 4 N–H and O–H groups in total. The molecule has 2 aromatic heterocycles. The number of anilines is 8. The topological polar surface area (TPSA) is 120 Å². The molecule has 0 spiro atoms. The van der Waals surface area contributed by atoms with Gasteiger partial charge in [0.1, 0.15) is 11.6 Å². The molecule has 0 saturated heterocycles. The number of aromatic nitrogens is 4. The second-order valence-corrected chi connectivity index (χ2v) is 10.1. The molecule has 4 aromatic rings. The van der Waals surface area contributed by atoms with Crippen LogP contribution in [0, 0.1) is 27.7 Å². The van der Waals surface area contributed by atoms with Gasteiger partial charge in [-0.25, -0.2) is 9.97 Å². The molecule has 0 aliphatic rings. The highest BCUT2D eigenvalue weighted by atomic mass is 35.5. The first-order valence-electron chi connectivity index (χ1n) is 13.5. The number of carbonyl (C=O) groups excluding carboxylic acids is 1. The smallest absolute Gasteiger partial charge is 0.231 e. The number of nitrogens with one attached hydrogen (secondary N) is 4. The van der Waals surface area contributed by atoms with E-state index in [9.17, 15) is 4.79 Å². The lowest BCUT2D eigenvalue weighted by molar-refractivity contribution is -0.114. The second kappa shape index (κ2) is 12.8. The Morgan fingerprint density at radius 2 is 1.59 bits per heavy atom. The number of amides is 1. The van der Waals surface area contributed by atoms with Crippen LogP contribution in [0.25, 0.3) is 0 Å². The largest absolute Gasteiger partial charge is 0.354 e. The van der Waals surface area contributed by atoms with Crippen molar-refractivity contribution >= 4 is 63.8 Å². The molecule has 0 bridgehead atoms. The molecule has 41 heavy (non-hydrogen) atoms. The first kappa shape index (κ1) is 29.5. The van der Waals surface area contributed by atoms with Crippen molar-refractivity contribution in [3.63, 3.8) is 0 Å². The molecule has 10 nitrogen and oxygen atoms in total. The van der Waals surface area contributed by atoms with Crippen LogP contribution in [0.15, 0.2) is 42.7 Å². The molecular formula is C30H36ClN9O. The van der Waals surface area contributed by atoms with Crippen molar-refractivity contribution < 1.29 is 4.79 Å². The molecule has 1 amide bonds. The van der Waals surface area contributed by atoms with Gasteiger partial charge in [-0.3, -0.25) is 4.79 Å². The number of rotatable bonds is 10. The Morgan fingerprint density at radius 1 is 0.902 bits per heavy atom. The molecule has 0 unspecified atom stereocenters. The van der Waals surface area contributed by atoms with E-state index in [1.54, 1.807) is 12.4 Å². The van der Waals surface area contributed by atoms with Crippen LogP contribution >= 0.6 is 11.6 Å². The van der Waals surface area contributed by atoms with Crippen LogP contribution in [0.2, 0.25) is 5.02 Å². The van der Waals surface area contributed by atoms with Gasteiger partial charge in [-0.1, -0.05) is 17.7 Å². The SMILES string of the molecule is CCNc1ncc(C)c(Nc2cc(C)c(Cl)c(N(CC)c3ncc(C)c(Nc4cccc(NC(C)=O)c4C)n3)c2)n1. The number of hydrogen-bond donors (Lipinski definition) is 4. The maximum absolute atomic E-state index is 11.6. The predicted octanol–water partition coefficient (Wildman–Crippen LogP) is 7.19. The minimum atomic E-state index is -0.124. The number of aryl methyl sites for hydroxylation is 3. The molecule has 0 saturated carbocycles. The van der Waals surface area contributed by atoms with Crippen LogP contribution in [-0.2, 0) is 4.79 Å². The first-order valence-corrected chi connectivity index (χ1v) is 13.9. The summed E-state index contributed by atoms with van der Waals surface area (Å²) in [4.78, 5) is 32.1. The monoisotopic (exact) mass is 573 g/mol. The van der Waals surface area contributed by atoms with Crippen molar-refractivity contribution in [2.45, 2.75) is 48.5 Å². The zero-order valence-corrected chi connectivity index (χ0v) is 25.2. The van der Waals surface area contributed by atoms with Crippen molar-refractivity contribution in [1.29, 1.82) is 0 Å². The Bertz CT molecular complexity index is 1570. The lowest BCUT2D eigenvalue weighted by Crippen LogP contribution is -2.20. The van der Waals surface area contributed by atoms with Gasteiger partial charge >= 0.3 is 0 Å². The lowest BCUT2D eigenvalue weighted by Gasteiger charge is -2.25. The Kier molecular flexibility index (Phi) is 9.24. The third-order valence-corrected chi connectivity index (χ3v) is 7.00. The summed E-state index contributed by atoms with van der Waals surface area (Å²) in [6, 6.07) is 9.67. The van der Waals surface area contributed by atoms with E-state index in [2.05, 4.69) is 36.2 Å². The van der Waals surface area contributed by atoms with E-state index >= 15 is 0 Å². The number of benzene rings is 2. The highest BCUT2D eigenvalue weighted by Crippen LogP contribution is 2.37. The van der Waals surface area contributed by atoms with Gasteiger partial charge in [-0.05, 0) is 76.9 Å². The van der Waals surface area contributed by atoms with Gasteiger partial charge in [-0.15, -0.1) is 0 Å². The summed E-state index contributed by atoms with van der Waals surface area (Å²) < 4.78 is 0. The fourth-order valence-corrected chi connectivity index (χ4v) is 4.51. The summed E-state index contributed by atoms with van der Waals surface area (Å²) in [6.45, 7) is 14.7. The summed E-state index contributed by atoms with van der Waals surface area (Å²) in [6.07, 6.45) is 3.58. The van der Waals surface area contributed by atoms with Crippen molar-refractivity contribution in [2.75, 3.05) is 39.3 Å². The van der Waals surface area contributed by atoms with Gasteiger partial charge in [0.25, 0.3) is 0 Å². The third-order valence-electron chi connectivity index (χ3n) is 6.51. The highest BCUT2D eigenvalue weighted by molar-refractivity contribution is 6.34. The second-order valence-electron chi connectivity index (χ2n) is 9.74. The van der Waals surface area contributed by atoms with Crippen LogP contribution in [0.3, 0.4) is 0 Å². The standard InChI is InChI=1S/C30H36ClN9O/c1-8-32-29-33-15-18(4)27(38-29)36-22-13-17(3)26(31)25(14-22)40(9-2)30-34-16-19(5)28(39-30)37-24-12-10-11-23(20(24)6)35-21(7)41/h10-16H,8-9H2,1-7H3,(H,35,41)(H,34,37,39)(H2,32,33,36,38). The quantitative estimate of drug-likeness (QED) is 0.156. The van der Waals surface area contributed by atoms with Crippen molar-refractivity contribution in [1.82, 2.24) is 19.9 Å². The van der Waals surface area contributed by atoms with Gasteiger partial charge in [0, 0.05) is 60.6 Å². The molecule has 4 rings (SSSR count). The van der Waals surface area contributed by atoms with Gasteiger partial charge in [0.15, 0.2) is 0 Å². The molecule has 11 heteroatoms. The molecular weight excluding hydrogens is 538 g/mol. The Morgan fingerprint density at radius 3 is 2.27 bits per heavy atom. The Hall–Kier alpha value is -4.44. The van der Waals surface area contributed by atoms with Crippen molar-refractivity contribution in [3.05, 3.63) is 70.0 Å². The van der Waals surface area contributed by atoms with E-state index in [0.717, 1.165) is 51.5 Å².